The Morgan fingerprint density at radius 3 is 2.89 bits per heavy atom. The Morgan fingerprint density at radius 2 is 2.11 bits per heavy atom. The third-order valence-corrected chi connectivity index (χ3v) is 4.20. The number of hydrogen-bond acceptors (Lipinski definition) is 2. The second-order valence-corrected chi connectivity index (χ2v) is 5.77. The lowest BCUT2D eigenvalue weighted by Gasteiger charge is -2.25. The van der Waals surface area contributed by atoms with E-state index >= 15 is 0 Å². The van der Waals surface area contributed by atoms with Gasteiger partial charge in [-0.2, -0.15) is 0 Å². The molecule has 1 aliphatic carbocycles. The molecular formula is C15H20N2O. The Morgan fingerprint density at radius 1 is 1.33 bits per heavy atom. The molecule has 2 N–H and O–H groups in total. The van der Waals surface area contributed by atoms with Crippen LogP contribution in [0.2, 0.25) is 0 Å². The summed E-state index contributed by atoms with van der Waals surface area (Å²) < 4.78 is 0. The summed E-state index contributed by atoms with van der Waals surface area (Å²) in [5, 5.41) is 6.52. The molecule has 1 aliphatic heterocycles. The molecule has 1 amide bonds. The van der Waals surface area contributed by atoms with Crippen molar-refractivity contribution < 1.29 is 4.79 Å². The molecule has 0 unspecified atom stereocenters. The normalized spacial score (nSPS) is 20.3. The number of hydrogen-bond donors (Lipinski definition) is 2. The topological polar surface area (TPSA) is 41.1 Å². The van der Waals surface area contributed by atoms with Gasteiger partial charge in [0.05, 0.1) is 0 Å². The summed E-state index contributed by atoms with van der Waals surface area (Å²) in [5.41, 5.74) is 3.25. The summed E-state index contributed by atoms with van der Waals surface area (Å²) in [6.45, 7) is 3.14. The maximum absolute atomic E-state index is 12.3. The van der Waals surface area contributed by atoms with Crippen molar-refractivity contribution in [2.45, 2.75) is 44.6 Å². The first-order chi connectivity index (χ1) is 8.66. The van der Waals surface area contributed by atoms with Crippen LogP contribution in [0.25, 0.3) is 0 Å². The average Bonchev–Trinajstić information content (AvgIpc) is 2.96. The van der Waals surface area contributed by atoms with Crippen LogP contribution >= 0.6 is 0 Å². The molecule has 2 aliphatic rings. The fourth-order valence-electron chi connectivity index (χ4n) is 3.07. The standard InChI is InChI=1S/C15H20N2O/c1-15(7-2-3-8-15)17-14(18)12-4-5-13-11(10-12)6-9-16-13/h4-5,10,16H,2-3,6-9H2,1H3,(H,17,18). The summed E-state index contributed by atoms with van der Waals surface area (Å²) in [7, 11) is 0. The number of amides is 1. The van der Waals surface area contributed by atoms with Gasteiger partial charge in [0, 0.05) is 23.3 Å². The van der Waals surface area contributed by atoms with E-state index in [1.165, 1.54) is 24.1 Å². The average molecular weight is 244 g/mol. The first-order valence-corrected chi connectivity index (χ1v) is 6.86. The fraction of sp³-hybridized carbons (Fsp3) is 0.533. The van der Waals surface area contributed by atoms with Crippen LogP contribution in [0.1, 0.15) is 48.5 Å². The van der Waals surface area contributed by atoms with E-state index in [9.17, 15) is 4.79 Å². The predicted molar refractivity (Wildman–Crippen MR) is 73.0 cm³/mol. The van der Waals surface area contributed by atoms with Gasteiger partial charge in [-0.15, -0.1) is 0 Å². The van der Waals surface area contributed by atoms with Crippen LogP contribution in [-0.2, 0) is 6.42 Å². The van der Waals surface area contributed by atoms with Gasteiger partial charge in [-0.25, -0.2) is 0 Å². The first kappa shape index (κ1) is 11.6. The molecule has 0 atom stereocenters. The molecule has 1 aromatic rings. The number of carbonyl (C=O) groups excluding carboxylic acids is 1. The van der Waals surface area contributed by atoms with Crippen molar-refractivity contribution in [1.29, 1.82) is 0 Å². The fourth-order valence-corrected chi connectivity index (χ4v) is 3.07. The maximum atomic E-state index is 12.3. The smallest absolute Gasteiger partial charge is 0.251 e. The first-order valence-electron chi connectivity index (χ1n) is 6.86. The van der Waals surface area contributed by atoms with Crippen LogP contribution < -0.4 is 10.6 Å². The second kappa shape index (κ2) is 4.30. The van der Waals surface area contributed by atoms with Gasteiger partial charge in [-0.05, 0) is 49.9 Å². The Hall–Kier alpha value is -1.51. The molecule has 0 bridgehead atoms. The summed E-state index contributed by atoms with van der Waals surface area (Å²) >= 11 is 0. The van der Waals surface area contributed by atoms with E-state index < -0.39 is 0 Å². The van der Waals surface area contributed by atoms with Gasteiger partial charge in [0.15, 0.2) is 0 Å². The highest BCUT2D eigenvalue weighted by Gasteiger charge is 2.30. The molecule has 0 saturated heterocycles. The van der Waals surface area contributed by atoms with Crippen molar-refractivity contribution >= 4 is 11.6 Å². The molecule has 1 heterocycles. The summed E-state index contributed by atoms with van der Waals surface area (Å²) in [4.78, 5) is 12.3. The molecule has 1 fully saturated rings. The van der Waals surface area contributed by atoms with Gasteiger partial charge in [0.25, 0.3) is 5.91 Å². The number of fused-ring (bicyclic) bond motifs is 1. The number of anilines is 1. The van der Waals surface area contributed by atoms with E-state index in [-0.39, 0.29) is 11.4 Å². The predicted octanol–water partition coefficient (Wildman–Crippen LogP) is 2.72. The second-order valence-electron chi connectivity index (χ2n) is 5.77. The van der Waals surface area contributed by atoms with Gasteiger partial charge < -0.3 is 10.6 Å². The van der Waals surface area contributed by atoms with Crippen LogP contribution in [0.5, 0.6) is 0 Å². The zero-order chi connectivity index (χ0) is 12.6. The van der Waals surface area contributed by atoms with E-state index in [4.69, 9.17) is 0 Å². The van der Waals surface area contributed by atoms with Crippen molar-refractivity contribution in [2.75, 3.05) is 11.9 Å². The quantitative estimate of drug-likeness (QED) is 0.840. The highest BCUT2D eigenvalue weighted by molar-refractivity contribution is 5.95. The molecule has 0 radical (unpaired) electrons. The molecule has 3 nitrogen and oxygen atoms in total. The highest BCUT2D eigenvalue weighted by Crippen LogP contribution is 2.29. The van der Waals surface area contributed by atoms with Gasteiger partial charge in [0.2, 0.25) is 0 Å². The summed E-state index contributed by atoms with van der Waals surface area (Å²) in [6.07, 6.45) is 5.68. The van der Waals surface area contributed by atoms with Crippen LogP contribution in [0.4, 0.5) is 5.69 Å². The van der Waals surface area contributed by atoms with E-state index in [1.54, 1.807) is 0 Å². The van der Waals surface area contributed by atoms with Crippen molar-refractivity contribution in [1.82, 2.24) is 5.32 Å². The zero-order valence-corrected chi connectivity index (χ0v) is 10.9. The molecule has 0 spiro atoms. The lowest BCUT2D eigenvalue weighted by molar-refractivity contribution is 0.0908. The van der Waals surface area contributed by atoms with E-state index in [1.807, 2.05) is 18.2 Å². The largest absolute Gasteiger partial charge is 0.384 e. The minimum atomic E-state index is 0.00828. The van der Waals surface area contributed by atoms with Crippen molar-refractivity contribution in [3.05, 3.63) is 29.3 Å². The number of carbonyl (C=O) groups is 1. The van der Waals surface area contributed by atoms with Gasteiger partial charge in [0.1, 0.15) is 0 Å². The molecule has 3 heteroatoms. The van der Waals surface area contributed by atoms with Gasteiger partial charge >= 0.3 is 0 Å². The number of nitrogens with one attached hydrogen (secondary N) is 2. The Kier molecular flexibility index (Phi) is 2.77. The number of benzene rings is 1. The summed E-state index contributed by atoms with van der Waals surface area (Å²) in [5.74, 6) is 0.0779. The Labute approximate surface area is 108 Å². The van der Waals surface area contributed by atoms with Crippen LogP contribution in [0.15, 0.2) is 18.2 Å². The molecule has 3 rings (SSSR count). The van der Waals surface area contributed by atoms with E-state index in [0.29, 0.717) is 0 Å². The van der Waals surface area contributed by atoms with Crippen LogP contribution in [0, 0.1) is 0 Å². The lowest BCUT2D eigenvalue weighted by Crippen LogP contribution is -2.43. The molecule has 1 saturated carbocycles. The van der Waals surface area contributed by atoms with Crippen molar-refractivity contribution in [2.24, 2.45) is 0 Å². The molecule has 0 aromatic heterocycles. The molecule has 1 aromatic carbocycles. The van der Waals surface area contributed by atoms with Crippen LogP contribution in [0.3, 0.4) is 0 Å². The number of rotatable bonds is 2. The Balaban J connectivity index is 1.76. The third-order valence-electron chi connectivity index (χ3n) is 4.20. The monoisotopic (exact) mass is 244 g/mol. The highest BCUT2D eigenvalue weighted by atomic mass is 16.1. The van der Waals surface area contributed by atoms with Crippen LogP contribution in [-0.4, -0.2) is 18.0 Å². The molecule has 18 heavy (non-hydrogen) atoms. The van der Waals surface area contributed by atoms with E-state index in [0.717, 1.165) is 31.4 Å². The van der Waals surface area contributed by atoms with E-state index in [2.05, 4.69) is 17.6 Å². The van der Waals surface area contributed by atoms with Crippen molar-refractivity contribution in [3.63, 3.8) is 0 Å². The Bertz CT molecular complexity index is 475. The SMILES string of the molecule is CC1(NC(=O)c2ccc3c(c2)CCN3)CCCC1. The third kappa shape index (κ3) is 2.09. The van der Waals surface area contributed by atoms with Crippen molar-refractivity contribution in [3.8, 4) is 0 Å². The minimum absolute atomic E-state index is 0.00828. The molecule has 96 valence electrons. The van der Waals surface area contributed by atoms with Gasteiger partial charge in [-0.1, -0.05) is 12.8 Å². The zero-order valence-electron chi connectivity index (χ0n) is 10.9. The molecular weight excluding hydrogens is 224 g/mol. The maximum Gasteiger partial charge on any atom is 0.251 e. The lowest BCUT2D eigenvalue weighted by atomic mass is 9.99. The minimum Gasteiger partial charge on any atom is -0.384 e. The summed E-state index contributed by atoms with van der Waals surface area (Å²) in [6, 6.07) is 5.97. The van der Waals surface area contributed by atoms with Gasteiger partial charge in [-0.3, -0.25) is 4.79 Å².